The maximum absolute atomic E-state index is 12.3. The maximum Gasteiger partial charge on any atom is 0.229 e. The second kappa shape index (κ2) is 7.77. The lowest BCUT2D eigenvalue weighted by molar-refractivity contribution is -0.133. The molecular formula is C17H26N4O3. The van der Waals surface area contributed by atoms with E-state index in [0.29, 0.717) is 31.3 Å². The third kappa shape index (κ3) is 4.13. The van der Waals surface area contributed by atoms with E-state index in [1.54, 1.807) is 11.8 Å². The molecule has 7 nitrogen and oxygen atoms in total. The molecule has 0 spiro atoms. The van der Waals surface area contributed by atoms with Gasteiger partial charge in [0, 0.05) is 38.9 Å². The number of rotatable bonds is 5. The molecule has 1 aromatic rings. The minimum atomic E-state index is -0.109. The fourth-order valence-corrected chi connectivity index (χ4v) is 3.63. The smallest absolute Gasteiger partial charge is 0.229 e. The molecule has 2 amide bonds. The number of nitrogens with zero attached hydrogens (tertiary/aromatic N) is 3. The van der Waals surface area contributed by atoms with Crippen LogP contribution >= 0.6 is 0 Å². The van der Waals surface area contributed by atoms with Gasteiger partial charge in [0.2, 0.25) is 17.7 Å². The molecule has 24 heavy (non-hydrogen) atoms. The SMILES string of the molecule is CC(=O)N1CCC[C@@H](C(=O)NCCc2noc(C3CCCC3)n2)C1. The van der Waals surface area contributed by atoms with Crippen molar-refractivity contribution in [1.29, 1.82) is 0 Å². The number of amides is 2. The molecule has 0 aromatic carbocycles. The molecule has 0 bridgehead atoms. The van der Waals surface area contributed by atoms with Crippen LogP contribution in [0.1, 0.15) is 63.1 Å². The molecule has 1 saturated carbocycles. The van der Waals surface area contributed by atoms with E-state index in [1.807, 2.05) is 0 Å². The Morgan fingerprint density at radius 3 is 2.79 bits per heavy atom. The lowest BCUT2D eigenvalue weighted by atomic mass is 9.97. The Morgan fingerprint density at radius 2 is 2.04 bits per heavy atom. The molecule has 2 aliphatic rings. The third-order valence-electron chi connectivity index (χ3n) is 5.07. The summed E-state index contributed by atoms with van der Waals surface area (Å²) in [5.74, 6) is 1.77. The summed E-state index contributed by atoms with van der Waals surface area (Å²) in [5.41, 5.74) is 0. The maximum atomic E-state index is 12.3. The van der Waals surface area contributed by atoms with Crippen molar-refractivity contribution in [3.63, 3.8) is 0 Å². The van der Waals surface area contributed by atoms with Crippen molar-refractivity contribution in [2.24, 2.45) is 5.92 Å². The first kappa shape index (κ1) is 16.9. The predicted molar refractivity (Wildman–Crippen MR) is 87.2 cm³/mol. The fourth-order valence-electron chi connectivity index (χ4n) is 3.63. The molecule has 3 rings (SSSR count). The first-order valence-corrected chi connectivity index (χ1v) is 8.99. The fraction of sp³-hybridized carbons (Fsp3) is 0.765. The lowest BCUT2D eigenvalue weighted by Gasteiger charge is -2.31. The number of nitrogens with one attached hydrogen (secondary N) is 1. The standard InChI is InChI=1S/C17H26N4O3/c1-12(22)21-10-4-7-14(11-21)16(23)18-9-8-15-19-17(24-20-15)13-5-2-3-6-13/h13-14H,2-11H2,1H3,(H,18,23)/t14-/m1/s1. The van der Waals surface area contributed by atoms with Crippen LogP contribution in [-0.4, -0.2) is 46.5 Å². The van der Waals surface area contributed by atoms with Gasteiger partial charge in [-0.15, -0.1) is 0 Å². The molecule has 132 valence electrons. The monoisotopic (exact) mass is 334 g/mol. The number of carbonyl (C=O) groups excluding carboxylic acids is 2. The van der Waals surface area contributed by atoms with Gasteiger partial charge in [0.25, 0.3) is 0 Å². The Balaban J connectivity index is 1.42. The number of hydrogen-bond acceptors (Lipinski definition) is 5. The highest BCUT2D eigenvalue weighted by molar-refractivity contribution is 5.80. The summed E-state index contributed by atoms with van der Waals surface area (Å²) in [5, 5.41) is 6.96. The Labute approximate surface area is 142 Å². The average molecular weight is 334 g/mol. The molecule has 7 heteroatoms. The zero-order valence-electron chi connectivity index (χ0n) is 14.3. The molecule has 1 saturated heterocycles. The van der Waals surface area contributed by atoms with Gasteiger partial charge in [0.15, 0.2) is 5.82 Å². The van der Waals surface area contributed by atoms with Gasteiger partial charge >= 0.3 is 0 Å². The summed E-state index contributed by atoms with van der Waals surface area (Å²) in [4.78, 5) is 29.9. The van der Waals surface area contributed by atoms with Crippen molar-refractivity contribution < 1.29 is 14.1 Å². The quantitative estimate of drug-likeness (QED) is 0.884. The summed E-state index contributed by atoms with van der Waals surface area (Å²) in [7, 11) is 0. The highest BCUT2D eigenvalue weighted by Gasteiger charge is 2.27. The summed E-state index contributed by atoms with van der Waals surface area (Å²) < 4.78 is 5.34. The Bertz CT molecular complexity index is 580. The van der Waals surface area contributed by atoms with Crippen LogP contribution in [0.3, 0.4) is 0 Å². The topological polar surface area (TPSA) is 88.3 Å². The van der Waals surface area contributed by atoms with Crippen molar-refractivity contribution in [1.82, 2.24) is 20.4 Å². The number of aromatic nitrogens is 2. The molecule has 1 aromatic heterocycles. The average Bonchev–Trinajstić information content (AvgIpc) is 3.26. The van der Waals surface area contributed by atoms with E-state index in [9.17, 15) is 9.59 Å². The lowest BCUT2D eigenvalue weighted by Crippen LogP contribution is -2.45. The third-order valence-corrected chi connectivity index (χ3v) is 5.07. The summed E-state index contributed by atoms with van der Waals surface area (Å²) in [6, 6.07) is 0. The van der Waals surface area contributed by atoms with E-state index >= 15 is 0 Å². The second-order valence-corrected chi connectivity index (χ2v) is 6.88. The van der Waals surface area contributed by atoms with Crippen molar-refractivity contribution >= 4 is 11.8 Å². The van der Waals surface area contributed by atoms with E-state index in [2.05, 4.69) is 15.5 Å². The van der Waals surface area contributed by atoms with E-state index in [4.69, 9.17) is 4.52 Å². The molecule has 2 heterocycles. The van der Waals surface area contributed by atoms with Gasteiger partial charge in [-0.3, -0.25) is 9.59 Å². The highest BCUT2D eigenvalue weighted by Crippen LogP contribution is 2.32. The van der Waals surface area contributed by atoms with E-state index in [1.165, 1.54) is 12.8 Å². The summed E-state index contributed by atoms with van der Waals surface area (Å²) in [6.07, 6.45) is 7.02. The largest absolute Gasteiger partial charge is 0.355 e. The van der Waals surface area contributed by atoms with E-state index < -0.39 is 0 Å². The normalized spacial score (nSPS) is 21.9. The van der Waals surface area contributed by atoms with Crippen LogP contribution < -0.4 is 5.32 Å². The van der Waals surface area contributed by atoms with Crippen molar-refractivity contribution in [3.05, 3.63) is 11.7 Å². The zero-order chi connectivity index (χ0) is 16.9. The Hall–Kier alpha value is -1.92. The molecule has 0 unspecified atom stereocenters. The summed E-state index contributed by atoms with van der Waals surface area (Å²) in [6.45, 7) is 3.33. The van der Waals surface area contributed by atoms with Crippen molar-refractivity contribution in [2.75, 3.05) is 19.6 Å². The molecule has 1 aliphatic heterocycles. The minimum absolute atomic E-state index is 0.0143. The first-order valence-electron chi connectivity index (χ1n) is 8.99. The molecule has 1 atom stereocenters. The van der Waals surface area contributed by atoms with Gasteiger partial charge in [-0.25, -0.2) is 0 Å². The van der Waals surface area contributed by atoms with Gasteiger partial charge in [-0.05, 0) is 25.7 Å². The van der Waals surface area contributed by atoms with Gasteiger partial charge in [-0.2, -0.15) is 4.98 Å². The second-order valence-electron chi connectivity index (χ2n) is 6.88. The van der Waals surface area contributed by atoms with Crippen LogP contribution in [-0.2, 0) is 16.0 Å². The van der Waals surface area contributed by atoms with Crippen molar-refractivity contribution in [2.45, 2.75) is 57.8 Å². The van der Waals surface area contributed by atoms with Crippen molar-refractivity contribution in [3.8, 4) is 0 Å². The van der Waals surface area contributed by atoms with Crippen LogP contribution in [0.2, 0.25) is 0 Å². The molecule has 1 N–H and O–H groups in total. The number of hydrogen-bond donors (Lipinski definition) is 1. The predicted octanol–water partition coefficient (Wildman–Crippen LogP) is 1.64. The number of piperidine rings is 1. The number of carbonyl (C=O) groups is 2. The van der Waals surface area contributed by atoms with Crippen LogP contribution in [0, 0.1) is 5.92 Å². The highest BCUT2D eigenvalue weighted by atomic mass is 16.5. The van der Waals surface area contributed by atoms with Gasteiger partial charge in [0.1, 0.15) is 0 Å². The van der Waals surface area contributed by atoms with Gasteiger partial charge in [-0.1, -0.05) is 18.0 Å². The van der Waals surface area contributed by atoms with E-state index in [-0.39, 0.29) is 17.7 Å². The van der Waals surface area contributed by atoms with Crippen LogP contribution in [0.5, 0.6) is 0 Å². The molecule has 2 fully saturated rings. The molecular weight excluding hydrogens is 308 g/mol. The van der Waals surface area contributed by atoms with Gasteiger partial charge < -0.3 is 14.7 Å². The number of likely N-dealkylation sites (tertiary alicyclic amines) is 1. The van der Waals surface area contributed by atoms with Crippen LogP contribution in [0.4, 0.5) is 0 Å². The molecule has 1 aliphatic carbocycles. The van der Waals surface area contributed by atoms with E-state index in [0.717, 1.165) is 38.1 Å². The Morgan fingerprint density at radius 1 is 1.25 bits per heavy atom. The minimum Gasteiger partial charge on any atom is -0.355 e. The Kier molecular flexibility index (Phi) is 5.48. The zero-order valence-corrected chi connectivity index (χ0v) is 14.3. The van der Waals surface area contributed by atoms with Crippen LogP contribution in [0.15, 0.2) is 4.52 Å². The van der Waals surface area contributed by atoms with Crippen LogP contribution in [0.25, 0.3) is 0 Å². The molecule has 0 radical (unpaired) electrons. The summed E-state index contributed by atoms with van der Waals surface area (Å²) >= 11 is 0. The first-order chi connectivity index (χ1) is 11.6. The van der Waals surface area contributed by atoms with Gasteiger partial charge in [0.05, 0.1) is 5.92 Å².